The summed E-state index contributed by atoms with van der Waals surface area (Å²) in [6, 6.07) is 0. The smallest absolute Gasteiger partial charge is 0.0701 e. The topological polar surface area (TPSA) is 46.2 Å². The monoisotopic (exact) mass is 310 g/mol. The van der Waals surface area contributed by atoms with Gasteiger partial charge in [0.05, 0.1) is 52.9 Å². The van der Waals surface area contributed by atoms with Crippen LogP contribution in [0.1, 0.15) is 13.3 Å². The Morgan fingerprint density at radius 1 is 0.650 bits per heavy atom. The first-order valence-corrected chi connectivity index (χ1v) is 8.45. The second-order valence-electron chi connectivity index (χ2n) is 3.99. The Hall–Kier alpha value is 0.150. The summed E-state index contributed by atoms with van der Waals surface area (Å²) in [6.45, 7) is 7.93. The molecule has 0 atom stereocenters. The van der Waals surface area contributed by atoms with Crippen LogP contribution in [0.5, 0.6) is 0 Å². The SMILES string of the molecule is CCSCCCOCCOCCOCCOCCOC. The Balaban J connectivity index is 2.89. The molecule has 122 valence electrons. The summed E-state index contributed by atoms with van der Waals surface area (Å²) in [5.74, 6) is 2.36. The lowest BCUT2D eigenvalue weighted by molar-refractivity contribution is -0.00764. The van der Waals surface area contributed by atoms with Crippen molar-refractivity contribution in [2.75, 3.05) is 78.1 Å². The van der Waals surface area contributed by atoms with Crippen molar-refractivity contribution in [3.8, 4) is 0 Å². The molecule has 0 aromatic rings. The zero-order valence-electron chi connectivity index (χ0n) is 12.9. The average Bonchev–Trinajstić information content (AvgIpc) is 2.47. The van der Waals surface area contributed by atoms with E-state index in [4.69, 9.17) is 23.7 Å². The predicted molar refractivity (Wildman–Crippen MR) is 82.8 cm³/mol. The first kappa shape index (κ1) is 20.1. The highest BCUT2D eigenvalue weighted by Crippen LogP contribution is 2.00. The maximum absolute atomic E-state index is 5.45. The lowest BCUT2D eigenvalue weighted by Gasteiger charge is -2.07. The van der Waals surface area contributed by atoms with Crippen LogP contribution in [-0.4, -0.2) is 78.1 Å². The molecule has 0 aliphatic rings. The minimum atomic E-state index is 0.596. The van der Waals surface area contributed by atoms with Crippen molar-refractivity contribution in [1.29, 1.82) is 0 Å². The molecule has 0 saturated heterocycles. The Morgan fingerprint density at radius 2 is 1.10 bits per heavy atom. The van der Waals surface area contributed by atoms with Crippen LogP contribution >= 0.6 is 11.8 Å². The van der Waals surface area contributed by atoms with Gasteiger partial charge < -0.3 is 23.7 Å². The molecular weight excluding hydrogens is 280 g/mol. The van der Waals surface area contributed by atoms with Crippen molar-refractivity contribution < 1.29 is 23.7 Å². The average molecular weight is 310 g/mol. The van der Waals surface area contributed by atoms with Gasteiger partial charge in [-0.25, -0.2) is 0 Å². The van der Waals surface area contributed by atoms with Crippen LogP contribution in [0.15, 0.2) is 0 Å². The molecule has 0 aliphatic heterocycles. The highest BCUT2D eigenvalue weighted by molar-refractivity contribution is 7.99. The van der Waals surface area contributed by atoms with Crippen molar-refractivity contribution in [2.24, 2.45) is 0 Å². The Bertz CT molecular complexity index is 154. The fraction of sp³-hybridized carbons (Fsp3) is 1.00. The first-order chi connectivity index (χ1) is 9.91. The highest BCUT2D eigenvalue weighted by atomic mass is 32.2. The third kappa shape index (κ3) is 18.1. The van der Waals surface area contributed by atoms with Crippen LogP contribution in [-0.2, 0) is 23.7 Å². The predicted octanol–water partition coefficient (Wildman–Crippen LogP) is 1.84. The summed E-state index contributed by atoms with van der Waals surface area (Å²) in [5.41, 5.74) is 0. The molecule has 20 heavy (non-hydrogen) atoms. The molecule has 0 bridgehead atoms. The van der Waals surface area contributed by atoms with Crippen molar-refractivity contribution in [3.63, 3.8) is 0 Å². The van der Waals surface area contributed by atoms with Crippen molar-refractivity contribution in [1.82, 2.24) is 0 Å². The summed E-state index contributed by atoms with van der Waals surface area (Å²) in [5, 5.41) is 0. The first-order valence-electron chi connectivity index (χ1n) is 7.29. The van der Waals surface area contributed by atoms with E-state index in [2.05, 4.69) is 6.92 Å². The molecule has 0 aromatic heterocycles. The van der Waals surface area contributed by atoms with Crippen LogP contribution in [0.2, 0.25) is 0 Å². The molecule has 5 nitrogen and oxygen atoms in total. The van der Waals surface area contributed by atoms with E-state index in [1.807, 2.05) is 11.8 Å². The normalized spacial score (nSPS) is 11.1. The van der Waals surface area contributed by atoms with E-state index in [1.165, 1.54) is 11.5 Å². The third-order valence-electron chi connectivity index (χ3n) is 2.33. The largest absolute Gasteiger partial charge is 0.382 e. The van der Waals surface area contributed by atoms with Crippen LogP contribution in [0.4, 0.5) is 0 Å². The minimum absolute atomic E-state index is 0.596. The second kappa shape index (κ2) is 19.1. The lowest BCUT2D eigenvalue weighted by Crippen LogP contribution is -2.13. The molecule has 0 unspecified atom stereocenters. The molecule has 0 rings (SSSR count). The number of hydrogen-bond donors (Lipinski definition) is 0. The quantitative estimate of drug-likeness (QED) is 0.382. The van der Waals surface area contributed by atoms with Crippen LogP contribution in [0.3, 0.4) is 0 Å². The molecule has 0 saturated carbocycles. The number of hydrogen-bond acceptors (Lipinski definition) is 6. The summed E-state index contributed by atoms with van der Waals surface area (Å²) >= 11 is 1.95. The van der Waals surface area contributed by atoms with Crippen LogP contribution in [0, 0.1) is 0 Å². The highest BCUT2D eigenvalue weighted by Gasteiger charge is 1.93. The summed E-state index contributed by atoms with van der Waals surface area (Å²) < 4.78 is 26.3. The van der Waals surface area contributed by atoms with E-state index in [-0.39, 0.29) is 0 Å². The van der Waals surface area contributed by atoms with Crippen molar-refractivity contribution in [2.45, 2.75) is 13.3 Å². The zero-order chi connectivity index (χ0) is 14.7. The van der Waals surface area contributed by atoms with Crippen molar-refractivity contribution in [3.05, 3.63) is 0 Å². The fourth-order valence-corrected chi connectivity index (χ4v) is 1.92. The third-order valence-corrected chi connectivity index (χ3v) is 3.31. The van der Waals surface area contributed by atoms with E-state index in [9.17, 15) is 0 Å². The van der Waals surface area contributed by atoms with Crippen LogP contribution < -0.4 is 0 Å². The van der Waals surface area contributed by atoms with Gasteiger partial charge in [-0.05, 0) is 17.9 Å². The molecule has 0 aromatic carbocycles. The number of thioether (sulfide) groups is 1. The van der Waals surface area contributed by atoms with Gasteiger partial charge in [-0.3, -0.25) is 0 Å². The second-order valence-corrected chi connectivity index (χ2v) is 5.39. The van der Waals surface area contributed by atoms with Gasteiger partial charge in [0, 0.05) is 13.7 Å². The Kier molecular flexibility index (Phi) is 19.3. The van der Waals surface area contributed by atoms with Gasteiger partial charge in [0.25, 0.3) is 0 Å². The maximum Gasteiger partial charge on any atom is 0.0701 e. The fourth-order valence-electron chi connectivity index (χ4n) is 1.31. The molecule has 0 aliphatic carbocycles. The van der Waals surface area contributed by atoms with E-state index >= 15 is 0 Å². The maximum atomic E-state index is 5.45. The molecule has 0 fully saturated rings. The summed E-state index contributed by atoms with van der Waals surface area (Å²) in [7, 11) is 1.66. The van der Waals surface area contributed by atoms with E-state index < -0.39 is 0 Å². The Morgan fingerprint density at radius 3 is 1.55 bits per heavy atom. The zero-order valence-corrected chi connectivity index (χ0v) is 13.8. The molecule has 0 radical (unpaired) electrons. The van der Waals surface area contributed by atoms with E-state index in [0.717, 1.165) is 13.0 Å². The molecular formula is C14H30O5S. The lowest BCUT2D eigenvalue weighted by atomic mass is 10.5. The number of methoxy groups -OCH3 is 1. The van der Waals surface area contributed by atoms with E-state index in [0.29, 0.717) is 52.9 Å². The minimum Gasteiger partial charge on any atom is -0.382 e. The van der Waals surface area contributed by atoms with Crippen LogP contribution in [0.25, 0.3) is 0 Å². The standard InChI is InChI=1S/C14H30O5S/c1-3-20-14-4-5-16-8-9-18-12-13-19-11-10-17-7-6-15-2/h3-14H2,1-2H3. The van der Waals surface area contributed by atoms with Crippen molar-refractivity contribution >= 4 is 11.8 Å². The van der Waals surface area contributed by atoms with Gasteiger partial charge in [0.1, 0.15) is 0 Å². The molecule has 0 amide bonds. The Labute approximate surface area is 127 Å². The van der Waals surface area contributed by atoms with Gasteiger partial charge in [0.2, 0.25) is 0 Å². The summed E-state index contributed by atoms with van der Waals surface area (Å²) in [4.78, 5) is 0. The van der Waals surface area contributed by atoms with Gasteiger partial charge in [0.15, 0.2) is 0 Å². The summed E-state index contributed by atoms with van der Waals surface area (Å²) in [6.07, 6.45) is 1.12. The molecule has 0 spiro atoms. The van der Waals surface area contributed by atoms with Gasteiger partial charge in [-0.2, -0.15) is 11.8 Å². The number of rotatable bonds is 17. The molecule has 0 N–H and O–H groups in total. The number of ether oxygens (including phenoxy) is 5. The molecule has 0 heterocycles. The van der Waals surface area contributed by atoms with Gasteiger partial charge in [-0.15, -0.1) is 0 Å². The van der Waals surface area contributed by atoms with Gasteiger partial charge in [-0.1, -0.05) is 6.92 Å². The van der Waals surface area contributed by atoms with E-state index in [1.54, 1.807) is 7.11 Å². The molecule has 6 heteroatoms. The van der Waals surface area contributed by atoms with Gasteiger partial charge >= 0.3 is 0 Å².